The third-order valence-electron chi connectivity index (χ3n) is 4.84. The fourth-order valence-electron chi connectivity index (χ4n) is 3.15. The number of benzene rings is 2. The van der Waals surface area contributed by atoms with Crippen molar-refractivity contribution in [3.8, 4) is 5.75 Å². The minimum absolute atomic E-state index is 0.120. The Bertz CT molecular complexity index is 1120. The third-order valence-corrected chi connectivity index (χ3v) is 5.16. The maximum Gasteiger partial charge on any atom is 0.262 e. The molecule has 0 fully saturated rings. The molecule has 3 aromatic rings. The van der Waals surface area contributed by atoms with Gasteiger partial charge in [0.1, 0.15) is 5.75 Å². The number of methoxy groups -OCH3 is 1. The maximum absolute atomic E-state index is 12.8. The number of hydrogen-bond acceptors (Lipinski definition) is 4. The van der Waals surface area contributed by atoms with Crippen molar-refractivity contribution >= 4 is 29.0 Å². The second-order valence-corrected chi connectivity index (χ2v) is 7.27. The van der Waals surface area contributed by atoms with E-state index in [-0.39, 0.29) is 11.5 Å². The van der Waals surface area contributed by atoms with Crippen LogP contribution in [0, 0.1) is 4.77 Å². The topological polar surface area (TPSA) is 76.1 Å². The first-order chi connectivity index (χ1) is 14.0. The van der Waals surface area contributed by atoms with Gasteiger partial charge in [0, 0.05) is 18.7 Å². The molecule has 0 saturated carbocycles. The maximum atomic E-state index is 12.8. The lowest BCUT2D eigenvalue weighted by molar-refractivity contribution is 0.0951. The molecule has 6 nitrogen and oxygen atoms in total. The SMILES string of the molecule is CCCCCn1c(=S)[nH]c2cc(C(=O)NCc3ccc(OC)cc3)ccc2c1=O. The second-order valence-electron chi connectivity index (χ2n) is 6.89. The predicted molar refractivity (Wildman–Crippen MR) is 117 cm³/mol. The largest absolute Gasteiger partial charge is 0.497 e. The highest BCUT2D eigenvalue weighted by atomic mass is 32.1. The number of aromatic nitrogens is 2. The van der Waals surface area contributed by atoms with Gasteiger partial charge in [-0.1, -0.05) is 31.9 Å². The van der Waals surface area contributed by atoms with Crippen molar-refractivity contribution in [1.82, 2.24) is 14.9 Å². The van der Waals surface area contributed by atoms with Crippen molar-refractivity contribution in [3.63, 3.8) is 0 Å². The second kappa shape index (κ2) is 9.52. The highest BCUT2D eigenvalue weighted by Crippen LogP contribution is 2.13. The molecule has 1 amide bonds. The molecule has 2 aromatic carbocycles. The van der Waals surface area contributed by atoms with E-state index in [1.807, 2.05) is 24.3 Å². The quantitative estimate of drug-likeness (QED) is 0.430. The molecule has 29 heavy (non-hydrogen) atoms. The third kappa shape index (κ3) is 4.92. The number of ether oxygens (including phenoxy) is 1. The molecule has 3 rings (SSSR count). The Morgan fingerprint density at radius 3 is 2.62 bits per heavy atom. The van der Waals surface area contributed by atoms with Crippen molar-refractivity contribution in [3.05, 3.63) is 68.7 Å². The van der Waals surface area contributed by atoms with Gasteiger partial charge in [-0.3, -0.25) is 14.2 Å². The molecular formula is C22H25N3O3S. The van der Waals surface area contributed by atoms with Crippen LogP contribution in [0.2, 0.25) is 0 Å². The number of aromatic amines is 1. The predicted octanol–water partition coefficient (Wildman–Crippen LogP) is 4.19. The van der Waals surface area contributed by atoms with Crippen LogP contribution < -0.4 is 15.6 Å². The zero-order valence-corrected chi connectivity index (χ0v) is 17.5. The van der Waals surface area contributed by atoms with Gasteiger partial charge in [-0.05, 0) is 54.5 Å². The molecule has 1 aromatic heterocycles. The van der Waals surface area contributed by atoms with Crippen LogP contribution in [0.15, 0.2) is 47.3 Å². The van der Waals surface area contributed by atoms with Crippen molar-refractivity contribution in [2.75, 3.05) is 7.11 Å². The van der Waals surface area contributed by atoms with Gasteiger partial charge in [-0.25, -0.2) is 0 Å². The Morgan fingerprint density at radius 1 is 1.17 bits per heavy atom. The summed E-state index contributed by atoms with van der Waals surface area (Å²) in [5.74, 6) is 0.555. The smallest absolute Gasteiger partial charge is 0.262 e. The summed E-state index contributed by atoms with van der Waals surface area (Å²) >= 11 is 5.36. The van der Waals surface area contributed by atoms with E-state index in [0.717, 1.165) is 30.6 Å². The molecule has 0 spiro atoms. The van der Waals surface area contributed by atoms with Crippen LogP contribution in [0.3, 0.4) is 0 Å². The number of rotatable bonds is 8. The lowest BCUT2D eigenvalue weighted by Crippen LogP contribution is -2.24. The summed E-state index contributed by atoms with van der Waals surface area (Å²) < 4.78 is 7.11. The van der Waals surface area contributed by atoms with Gasteiger partial charge in [-0.15, -0.1) is 0 Å². The van der Waals surface area contributed by atoms with Crippen molar-refractivity contribution in [2.24, 2.45) is 0 Å². The van der Waals surface area contributed by atoms with Gasteiger partial charge in [0.15, 0.2) is 4.77 Å². The Morgan fingerprint density at radius 2 is 1.93 bits per heavy atom. The first-order valence-electron chi connectivity index (χ1n) is 9.71. The number of fused-ring (bicyclic) bond motifs is 1. The molecule has 2 N–H and O–H groups in total. The van der Waals surface area contributed by atoms with E-state index >= 15 is 0 Å². The molecular weight excluding hydrogens is 386 g/mol. The average Bonchev–Trinajstić information content (AvgIpc) is 2.74. The summed E-state index contributed by atoms with van der Waals surface area (Å²) in [7, 11) is 1.61. The number of amides is 1. The molecule has 0 unspecified atom stereocenters. The van der Waals surface area contributed by atoms with Gasteiger partial charge in [0.25, 0.3) is 11.5 Å². The van der Waals surface area contributed by atoms with Crippen LogP contribution in [0.5, 0.6) is 5.75 Å². The summed E-state index contributed by atoms with van der Waals surface area (Å²) in [5, 5.41) is 3.42. The van der Waals surface area contributed by atoms with E-state index in [0.29, 0.717) is 34.3 Å². The minimum Gasteiger partial charge on any atom is -0.497 e. The Labute approximate surface area is 174 Å². The summed E-state index contributed by atoms with van der Waals surface area (Å²) in [6.45, 7) is 3.11. The number of carbonyl (C=O) groups excluding carboxylic acids is 1. The first-order valence-corrected chi connectivity index (χ1v) is 10.1. The van der Waals surface area contributed by atoms with Gasteiger partial charge in [-0.2, -0.15) is 0 Å². The monoisotopic (exact) mass is 411 g/mol. The zero-order valence-electron chi connectivity index (χ0n) is 16.7. The molecule has 0 bridgehead atoms. The van der Waals surface area contributed by atoms with Crippen LogP contribution in [0.1, 0.15) is 42.1 Å². The Balaban J connectivity index is 1.77. The fraction of sp³-hybridized carbons (Fsp3) is 0.318. The average molecular weight is 412 g/mol. The van der Waals surface area contributed by atoms with Crippen molar-refractivity contribution in [1.29, 1.82) is 0 Å². The normalized spacial score (nSPS) is 10.8. The molecule has 152 valence electrons. The highest BCUT2D eigenvalue weighted by Gasteiger charge is 2.10. The van der Waals surface area contributed by atoms with Crippen LogP contribution >= 0.6 is 12.2 Å². The van der Waals surface area contributed by atoms with E-state index in [4.69, 9.17) is 17.0 Å². The number of unbranched alkanes of at least 4 members (excludes halogenated alkanes) is 2. The highest BCUT2D eigenvalue weighted by molar-refractivity contribution is 7.71. The molecule has 0 aliphatic heterocycles. The summed E-state index contributed by atoms with van der Waals surface area (Å²) in [5.41, 5.74) is 1.89. The summed E-state index contributed by atoms with van der Waals surface area (Å²) in [4.78, 5) is 28.4. The number of carbonyl (C=O) groups is 1. The van der Waals surface area contributed by atoms with Crippen LogP contribution in [-0.4, -0.2) is 22.6 Å². The van der Waals surface area contributed by atoms with E-state index in [1.54, 1.807) is 29.9 Å². The molecule has 0 saturated heterocycles. The van der Waals surface area contributed by atoms with E-state index in [9.17, 15) is 9.59 Å². The zero-order chi connectivity index (χ0) is 20.8. The van der Waals surface area contributed by atoms with Crippen LogP contribution in [0.4, 0.5) is 0 Å². The summed E-state index contributed by atoms with van der Waals surface area (Å²) in [6, 6.07) is 12.5. The summed E-state index contributed by atoms with van der Waals surface area (Å²) in [6.07, 6.45) is 3.03. The standard InChI is InChI=1S/C22H25N3O3S/c1-3-4-5-12-25-21(27)18-11-8-16(13-19(18)24-22(25)29)20(26)23-14-15-6-9-17(28-2)10-7-15/h6-11,13H,3-5,12,14H2,1-2H3,(H,23,26)(H,24,29). The first kappa shape index (κ1) is 20.8. The van der Waals surface area contributed by atoms with Crippen molar-refractivity contribution in [2.45, 2.75) is 39.3 Å². The van der Waals surface area contributed by atoms with E-state index < -0.39 is 0 Å². The number of nitrogens with zero attached hydrogens (tertiary/aromatic N) is 1. The molecule has 0 aliphatic rings. The number of hydrogen-bond donors (Lipinski definition) is 2. The molecule has 7 heteroatoms. The van der Waals surface area contributed by atoms with Gasteiger partial charge in [0.2, 0.25) is 0 Å². The van der Waals surface area contributed by atoms with Gasteiger partial charge < -0.3 is 15.0 Å². The number of nitrogens with one attached hydrogen (secondary N) is 2. The Hall–Kier alpha value is -2.93. The van der Waals surface area contributed by atoms with E-state index in [2.05, 4.69) is 17.2 Å². The number of H-pyrrole nitrogens is 1. The lowest BCUT2D eigenvalue weighted by Gasteiger charge is -2.10. The molecule has 0 atom stereocenters. The minimum atomic E-state index is -0.214. The van der Waals surface area contributed by atoms with Crippen LogP contribution in [0.25, 0.3) is 10.9 Å². The van der Waals surface area contributed by atoms with Gasteiger partial charge >= 0.3 is 0 Å². The van der Waals surface area contributed by atoms with Crippen molar-refractivity contribution < 1.29 is 9.53 Å². The lowest BCUT2D eigenvalue weighted by atomic mass is 10.1. The Kier molecular flexibility index (Phi) is 6.82. The van der Waals surface area contributed by atoms with Crippen LogP contribution in [-0.2, 0) is 13.1 Å². The van der Waals surface area contributed by atoms with Gasteiger partial charge in [0.05, 0.1) is 18.0 Å². The van der Waals surface area contributed by atoms with E-state index in [1.165, 1.54) is 0 Å². The molecule has 0 aliphatic carbocycles. The molecule has 0 radical (unpaired) electrons. The fourth-order valence-corrected chi connectivity index (χ4v) is 3.43. The molecule has 1 heterocycles.